The van der Waals surface area contributed by atoms with E-state index in [0.29, 0.717) is 18.7 Å². The molecule has 2 rings (SSSR count). The second-order valence-electron chi connectivity index (χ2n) is 6.30. The van der Waals surface area contributed by atoms with Gasteiger partial charge in [-0.2, -0.15) is 0 Å². The fourth-order valence-electron chi connectivity index (χ4n) is 2.75. The lowest BCUT2D eigenvalue weighted by Gasteiger charge is -2.12. The average molecular weight is 354 g/mol. The van der Waals surface area contributed by atoms with E-state index >= 15 is 0 Å². The predicted molar refractivity (Wildman–Crippen MR) is 98.3 cm³/mol. The molecule has 24 heavy (non-hydrogen) atoms. The molecule has 1 atom stereocenters. The summed E-state index contributed by atoms with van der Waals surface area (Å²) in [6.07, 6.45) is 4.34. The molecule has 0 heterocycles. The zero-order valence-electron chi connectivity index (χ0n) is 14.4. The number of benzene rings is 1. The molecule has 0 radical (unpaired) electrons. The molecule has 134 valence electrons. The lowest BCUT2D eigenvalue weighted by Crippen LogP contribution is -2.37. The molecule has 6 heteroatoms. The Morgan fingerprint density at radius 2 is 1.75 bits per heavy atom. The largest absolute Gasteiger partial charge is 0.352 e. The second-order valence-corrected chi connectivity index (χ2v) is 6.30. The number of carbonyl (C=O) groups excluding carboxylic acids is 2. The molecule has 0 aliphatic heterocycles. The van der Waals surface area contributed by atoms with Crippen molar-refractivity contribution in [2.45, 2.75) is 45.2 Å². The number of carbonyl (C=O) groups is 2. The van der Waals surface area contributed by atoms with E-state index in [9.17, 15) is 9.59 Å². The van der Waals surface area contributed by atoms with E-state index < -0.39 is 0 Å². The molecule has 1 aromatic rings. The summed E-state index contributed by atoms with van der Waals surface area (Å²) in [6, 6.07) is 7.63. The first-order valence-electron chi connectivity index (χ1n) is 8.42. The average Bonchev–Trinajstić information content (AvgIpc) is 3.12. The van der Waals surface area contributed by atoms with Gasteiger partial charge in [0.05, 0.1) is 0 Å². The van der Waals surface area contributed by atoms with E-state index in [1.54, 1.807) is 12.1 Å². The highest BCUT2D eigenvalue weighted by Crippen LogP contribution is 2.24. The van der Waals surface area contributed by atoms with Crippen molar-refractivity contribution in [3.63, 3.8) is 0 Å². The van der Waals surface area contributed by atoms with Crippen molar-refractivity contribution in [1.82, 2.24) is 16.0 Å². The van der Waals surface area contributed by atoms with E-state index in [-0.39, 0.29) is 36.2 Å². The molecule has 5 nitrogen and oxygen atoms in total. The maximum absolute atomic E-state index is 12.0. The van der Waals surface area contributed by atoms with Gasteiger partial charge in [-0.3, -0.25) is 9.59 Å². The summed E-state index contributed by atoms with van der Waals surface area (Å²) in [5.41, 5.74) is 1.65. The van der Waals surface area contributed by atoms with Crippen molar-refractivity contribution in [3.8, 4) is 0 Å². The molecular weight excluding hydrogens is 326 g/mol. The van der Waals surface area contributed by atoms with Crippen LogP contribution in [0.25, 0.3) is 0 Å². The van der Waals surface area contributed by atoms with E-state index in [2.05, 4.69) is 16.0 Å². The topological polar surface area (TPSA) is 70.2 Å². The van der Waals surface area contributed by atoms with Crippen LogP contribution in [0.2, 0.25) is 0 Å². The number of likely N-dealkylation sites (N-methyl/N-ethyl adjacent to an activating group) is 1. The third-order valence-electron chi connectivity index (χ3n) is 4.47. The van der Waals surface area contributed by atoms with Crippen LogP contribution in [-0.2, 0) is 11.3 Å². The SMILES string of the molecule is CNC(C)CNC(=O)c1ccc(CNC(=O)C2CCCC2)cc1.Cl. The van der Waals surface area contributed by atoms with E-state index in [4.69, 9.17) is 0 Å². The number of rotatable bonds is 7. The number of hydrogen-bond acceptors (Lipinski definition) is 3. The number of hydrogen-bond donors (Lipinski definition) is 3. The quantitative estimate of drug-likeness (QED) is 0.704. The van der Waals surface area contributed by atoms with Crippen LogP contribution in [0, 0.1) is 5.92 Å². The molecule has 2 amide bonds. The standard InChI is InChI=1S/C18H27N3O2.ClH/c1-13(19-2)11-20-18(23)16-9-7-14(8-10-16)12-21-17(22)15-5-3-4-6-15;/h7-10,13,15,19H,3-6,11-12H2,1-2H3,(H,20,23)(H,21,22);1H. The monoisotopic (exact) mass is 353 g/mol. The Morgan fingerprint density at radius 1 is 1.12 bits per heavy atom. The Morgan fingerprint density at radius 3 is 2.33 bits per heavy atom. The van der Waals surface area contributed by atoms with Gasteiger partial charge in [0.15, 0.2) is 0 Å². The van der Waals surface area contributed by atoms with Gasteiger partial charge in [0.25, 0.3) is 5.91 Å². The van der Waals surface area contributed by atoms with Crippen LogP contribution in [0.5, 0.6) is 0 Å². The van der Waals surface area contributed by atoms with Crippen molar-refractivity contribution in [3.05, 3.63) is 35.4 Å². The fourth-order valence-corrected chi connectivity index (χ4v) is 2.75. The number of amides is 2. The molecule has 0 aromatic heterocycles. The fraction of sp³-hybridized carbons (Fsp3) is 0.556. The third-order valence-corrected chi connectivity index (χ3v) is 4.47. The van der Waals surface area contributed by atoms with Crippen LogP contribution in [0.3, 0.4) is 0 Å². The molecule has 1 saturated carbocycles. The summed E-state index contributed by atoms with van der Waals surface area (Å²) in [4.78, 5) is 24.0. The van der Waals surface area contributed by atoms with Crippen molar-refractivity contribution in [2.75, 3.05) is 13.6 Å². The normalized spacial score (nSPS) is 15.4. The maximum Gasteiger partial charge on any atom is 0.251 e. The van der Waals surface area contributed by atoms with Crippen molar-refractivity contribution in [1.29, 1.82) is 0 Å². The van der Waals surface area contributed by atoms with Crippen molar-refractivity contribution in [2.24, 2.45) is 5.92 Å². The second kappa shape index (κ2) is 10.3. The summed E-state index contributed by atoms with van der Waals surface area (Å²) >= 11 is 0. The van der Waals surface area contributed by atoms with Crippen LogP contribution < -0.4 is 16.0 Å². The molecule has 1 unspecified atom stereocenters. The first kappa shape index (κ1) is 20.5. The Bertz CT molecular complexity index is 528. The van der Waals surface area contributed by atoms with Gasteiger partial charge in [-0.05, 0) is 44.5 Å². The minimum absolute atomic E-state index is 0. The van der Waals surface area contributed by atoms with Crippen LogP contribution in [-0.4, -0.2) is 31.4 Å². The molecule has 0 saturated heterocycles. The highest BCUT2D eigenvalue weighted by atomic mass is 35.5. The third kappa shape index (κ3) is 6.13. The Hall–Kier alpha value is -1.59. The van der Waals surface area contributed by atoms with Gasteiger partial charge >= 0.3 is 0 Å². The van der Waals surface area contributed by atoms with Crippen LogP contribution in [0.15, 0.2) is 24.3 Å². The molecular formula is C18H28ClN3O2. The Balaban J connectivity index is 0.00000288. The Kier molecular flexibility index (Phi) is 8.79. The summed E-state index contributed by atoms with van der Waals surface area (Å²) in [5, 5.41) is 8.95. The van der Waals surface area contributed by atoms with Crippen LogP contribution in [0.1, 0.15) is 48.5 Å². The van der Waals surface area contributed by atoms with Gasteiger partial charge in [0.1, 0.15) is 0 Å². The van der Waals surface area contributed by atoms with E-state index in [0.717, 1.165) is 31.2 Å². The van der Waals surface area contributed by atoms with Gasteiger partial charge in [-0.15, -0.1) is 12.4 Å². The van der Waals surface area contributed by atoms with Gasteiger partial charge in [0.2, 0.25) is 5.91 Å². The minimum atomic E-state index is -0.0753. The molecule has 1 aromatic carbocycles. The smallest absolute Gasteiger partial charge is 0.251 e. The lowest BCUT2D eigenvalue weighted by atomic mass is 10.1. The zero-order chi connectivity index (χ0) is 16.7. The van der Waals surface area contributed by atoms with Gasteiger partial charge in [-0.1, -0.05) is 25.0 Å². The molecule has 0 spiro atoms. The lowest BCUT2D eigenvalue weighted by molar-refractivity contribution is -0.124. The minimum Gasteiger partial charge on any atom is -0.352 e. The van der Waals surface area contributed by atoms with Gasteiger partial charge in [-0.25, -0.2) is 0 Å². The first-order chi connectivity index (χ1) is 11.1. The summed E-state index contributed by atoms with van der Waals surface area (Å²) < 4.78 is 0. The van der Waals surface area contributed by atoms with E-state index in [1.165, 1.54) is 0 Å². The molecule has 3 N–H and O–H groups in total. The molecule has 0 bridgehead atoms. The van der Waals surface area contributed by atoms with Crippen LogP contribution in [0.4, 0.5) is 0 Å². The van der Waals surface area contributed by atoms with Crippen LogP contribution >= 0.6 is 12.4 Å². The summed E-state index contributed by atoms with van der Waals surface area (Å²) in [7, 11) is 1.87. The summed E-state index contributed by atoms with van der Waals surface area (Å²) in [5.74, 6) is 0.272. The molecule has 1 aliphatic rings. The Labute approximate surface area is 150 Å². The van der Waals surface area contributed by atoms with Crippen molar-refractivity contribution < 1.29 is 9.59 Å². The van der Waals surface area contributed by atoms with Gasteiger partial charge in [0, 0.05) is 30.6 Å². The van der Waals surface area contributed by atoms with Crippen molar-refractivity contribution >= 4 is 24.2 Å². The number of halogens is 1. The highest BCUT2D eigenvalue weighted by molar-refractivity contribution is 5.94. The van der Waals surface area contributed by atoms with Gasteiger partial charge < -0.3 is 16.0 Å². The molecule has 1 aliphatic carbocycles. The predicted octanol–water partition coefficient (Wildman–Crippen LogP) is 2.25. The first-order valence-corrected chi connectivity index (χ1v) is 8.42. The maximum atomic E-state index is 12.0. The van der Waals surface area contributed by atoms with E-state index in [1.807, 2.05) is 26.1 Å². The summed E-state index contributed by atoms with van der Waals surface area (Å²) in [6.45, 7) is 3.12. The number of nitrogens with one attached hydrogen (secondary N) is 3. The molecule has 1 fully saturated rings. The highest BCUT2D eigenvalue weighted by Gasteiger charge is 2.22. The zero-order valence-corrected chi connectivity index (χ0v) is 15.2.